The van der Waals surface area contributed by atoms with Crippen molar-refractivity contribution >= 4 is 0 Å². The molecule has 0 atom stereocenters. The number of halogens is 2. The van der Waals surface area contributed by atoms with E-state index in [2.05, 4.69) is 4.98 Å². The molecule has 0 aliphatic rings. The molecule has 0 unspecified atom stereocenters. The summed E-state index contributed by atoms with van der Waals surface area (Å²) in [5, 5.41) is 0. The Hall–Kier alpha value is -0.930. The molecule has 1 aromatic heterocycles. The van der Waals surface area contributed by atoms with Gasteiger partial charge in [0, 0.05) is 13.2 Å². The van der Waals surface area contributed by atoms with Crippen molar-refractivity contribution < 1.29 is 8.78 Å². The fourth-order valence-electron chi connectivity index (χ4n) is 0.985. The Bertz CT molecular complexity index is 266. The first-order valence-corrected chi connectivity index (χ1v) is 3.83. The summed E-state index contributed by atoms with van der Waals surface area (Å²) in [5.74, 6) is 0.0439. The summed E-state index contributed by atoms with van der Waals surface area (Å²) < 4.78 is 25.8. The number of imidazole rings is 1. The van der Waals surface area contributed by atoms with Gasteiger partial charge in [-0.15, -0.1) is 0 Å². The third-order valence-electron chi connectivity index (χ3n) is 1.72. The predicted octanol–water partition coefficient (Wildman–Crippen LogP) is 2.48. The van der Waals surface area contributed by atoms with E-state index < -0.39 is 6.43 Å². The van der Waals surface area contributed by atoms with Gasteiger partial charge in [-0.1, -0.05) is 13.8 Å². The number of hydrogen-bond acceptors (Lipinski definition) is 1. The zero-order valence-electron chi connectivity index (χ0n) is 7.38. The number of hydrogen-bond donors (Lipinski definition) is 0. The molecule has 68 valence electrons. The van der Waals surface area contributed by atoms with Crippen LogP contribution in [0.2, 0.25) is 0 Å². The van der Waals surface area contributed by atoms with Crippen LogP contribution >= 0.6 is 0 Å². The molecule has 1 heterocycles. The molecule has 2 nitrogen and oxygen atoms in total. The maximum Gasteiger partial charge on any atom is 0.295 e. The molecule has 0 amide bonds. The van der Waals surface area contributed by atoms with E-state index in [-0.39, 0.29) is 11.7 Å². The minimum Gasteiger partial charge on any atom is -0.333 e. The zero-order chi connectivity index (χ0) is 9.30. The van der Waals surface area contributed by atoms with Crippen LogP contribution in [0.5, 0.6) is 0 Å². The lowest BCUT2D eigenvalue weighted by Crippen LogP contribution is -1.96. The van der Waals surface area contributed by atoms with Gasteiger partial charge in [-0.25, -0.2) is 13.8 Å². The maximum atomic E-state index is 12.2. The molecule has 0 saturated carbocycles. The summed E-state index contributed by atoms with van der Waals surface area (Å²) >= 11 is 0. The molecule has 0 saturated heterocycles. The SMILES string of the molecule is CC(C)c1cn(C)c(C(F)F)n1. The van der Waals surface area contributed by atoms with Crippen LogP contribution in [-0.2, 0) is 7.05 Å². The van der Waals surface area contributed by atoms with Crippen molar-refractivity contribution in [3.05, 3.63) is 17.7 Å². The number of rotatable bonds is 2. The topological polar surface area (TPSA) is 17.8 Å². The van der Waals surface area contributed by atoms with Crippen LogP contribution in [0.1, 0.15) is 37.7 Å². The maximum absolute atomic E-state index is 12.2. The van der Waals surface area contributed by atoms with Crippen LogP contribution in [0, 0.1) is 0 Å². The Balaban J connectivity index is 3.00. The minimum absolute atomic E-state index is 0.154. The first-order chi connectivity index (χ1) is 5.52. The monoisotopic (exact) mass is 174 g/mol. The second-order valence-electron chi connectivity index (χ2n) is 3.09. The summed E-state index contributed by atoms with van der Waals surface area (Å²) in [5.41, 5.74) is 0.716. The van der Waals surface area contributed by atoms with Crippen molar-refractivity contribution in [1.82, 2.24) is 9.55 Å². The van der Waals surface area contributed by atoms with Gasteiger partial charge < -0.3 is 4.57 Å². The van der Waals surface area contributed by atoms with E-state index in [4.69, 9.17) is 0 Å². The van der Waals surface area contributed by atoms with E-state index in [0.29, 0.717) is 5.69 Å². The quantitative estimate of drug-likeness (QED) is 0.673. The highest BCUT2D eigenvalue weighted by Gasteiger charge is 2.15. The van der Waals surface area contributed by atoms with Crippen molar-refractivity contribution in [2.24, 2.45) is 7.05 Å². The van der Waals surface area contributed by atoms with Crippen molar-refractivity contribution in [3.63, 3.8) is 0 Å². The van der Waals surface area contributed by atoms with Gasteiger partial charge in [0.25, 0.3) is 6.43 Å². The van der Waals surface area contributed by atoms with E-state index in [1.165, 1.54) is 4.57 Å². The Morgan fingerprint density at radius 2 is 2.00 bits per heavy atom. The lowest BCUT2D eigenvalue weighted by molar-refractivity contribution is 0.136. The molecule has 0 bridgehead atoms. The van der Waals surface area contributed by atoms with E-state index >= 15 is 0 Å². The molecule has 1 rings (SSSR count). The highest BCUT2D eigenvalue weighted by atomic mass is 19.3. The lowest BCUT2D eigenvalue weighted by Gasteiger charge is -1.96. The second-order valence-corrected chi connectivity index (χ2v) is 3.09. The van der Waals surface area contributed by atoms with Gasteiger partial charge in [-0.2, -0.15) is 0 Å². The summed E-state index contributed by atoms with van der Waals surface area (Å²) in [7, 11) is 1.58. The number of nitrogens with zero attached hydrogens (tertiary/aromatic N) is 2. The molecule has 0 aliphatic carbocycles. The fourth-order valence-corrected chi connectivity index (χ4v) is 0.985. The molecule has 0 aromatic carbocycles. The Labute approximate surface area is 70.2 Å². The van der Waals surface area contributed by atoms with Crippen molar-refractivity contribution in [2.75, 3.05) is 0 Å². The van der Waals surface area contributed by atoms with Gasteiger partial charge >= 0.3 is 0 Å². The molecule has 0 fully saturated rings. The second kappa shape index (κ2) is 3.21. The molecule has 0 radical (unpaired) electrons. The number of alkyl halides is 2. The van der Waals surface area contributed by atoms with E-state index in [1.54, 1.807) is 13.2 Å². The highest BCUT2D eigenvalue weighted by Crippen LogP contribution is 2.20. The molecule has 0 spiro atoms. The smallest absolute Gasteiger partial charge is 0.295 e. The van der Waals surface area contributed by atoms with Gasteiger partial charge in [0.15, 0.2) is 5.82 Å². The van der Waals surface area contributed by atoms with Crippen molar-refractivity contribution in [3.8, 4) is 0 Å². The Morgan fingerprint density at radius 3 is 2.25 bits per heavy atom. The average molecular weight is 174 g/mol. The molecular weight excluding hydrogens is 162 g/mol. The van der Waals surface area contributed by atoms with Gasteiger partial charge in [0.2, 0.25) is 0 Å². The first-order valence-electron chi connectivity index (χ1n) is 3.83. The minimum atomic E-state index is -2.48. The summed E-state index contributed by atoms with van der Waals surface area (Å²) in [6, 6.07) is 0. The summed E-state index contributed by atoms with van der Waals surface area (Å²) in [6.45, 7) is 3.86. The zero-order valence-corrected chi connectivity index (χ0v) is 7.38. The average Bonchev–Trinajstić information content (AvgIpc) is 2.30. The van der Waals surface area contributed by atoms with Crippen LogP contribution in [0.15, 0.2) is 6.20 Å². The van der Waals surface area contributed by atoms with Crippen LogP contribution < -0.4 is 0 Å². The highest BCUT2D eigenvalue weighted by molar-refractivity contribution is 5.08. The van der Waals surface area contributed by atoms with Crippen molar-refractivity contribution in [1.29, 1.82) is 0 Å². The predicted molar refractivity (Wildman–Crippen MR) is 42.3 cm³/mol. The lowest BCUT2D eigenvalue weighted by atomic mass is 10.2. The Kier molecular flexibility index (Phi) is 2.45. The van der Waals surface area contributed by atoms with Crippen LogP contribution in [0.4, 0.5) is 8.78 Å². The van der Waals surface area contributed by atoms with Gasteiger partial charge in [0.1, 0.15) is 0 Å². The molecule has 4 heteroatoms. The van der Waals surface area contributed by atoms with Gasteiger partial charge in [0.05, 0.1) is 5.69 Å². The van der Waals surface area contributed by atoms with Crippen molar-refractivity contribution in [2.45, 2.75) is 26.2 Å². The van der Waals surface area contributed by atoms with E-state index in [0.717, 1.165) is 0 Å². The molecule has 0 aliphatic heterocycles. The van der Waals surface area contributed by atoms with Crippen LogP contribution in [0.3, 0.4) is 0 Å². The number of aromatic nitrogens is 2. The molecule has 1 aromatic rings. The molecular formula is C8H12F2N2. The van der Waals surface area contributed by atoms with E-state index in [1.807, 2.05) is 13.8 Å². The Morgan fingerprint density at radius 1 is 1.42 bits per heavy atom. The standard InChI is InChI=1S/C8H12F2N2/c1-5(2)6-4-12(3)8(11-6)7(9)10/h4-5,7H,1-3H3. The normalized spacial score (nSPS) is 11.6. The number of aryl methyl sites for hydroxylation is 1. The third-order valence-corrected chi connectivity index (χ3v) is 1.72. The summed E-state index contributed by atoms with van der Waals surface area (Å²) in [6.07, 6.45) is -0.839. The largest absolute Gasteiger partial charge is 0.333 e. The molecule has 0 N–H and O–H groups in total. The van der Waals surface area contributed by atoms with Gasteiger partial charge in [-0.3, -0.25) is 0 Å². The molecule has 12 heavy (non-hydrogen) atoms. The van der Waals surface area contributed by atoms with Crippen LogP contribution in [-0.4, -0.2) is 9.55 Å². The third kappa shape index (κ3) is 1.62. The first kappa shape index (κ1) is 9.16. The fraction of sp³-hybridized carbons (Fsp3) is 0.625. The summed E-state index contributed by atoms with van der Waals surface area (Å²) in [4.78, 5) is 3.82. The van der Waals surface area contributed by atoms with E-state index in [9.17, 15) is 8.78 Å². The van der Waals surface area contributed by atoms with Crippen LogP contribution in [0.25, 0.3) is 0 Å². The van der Waals surface area contributed by atoms with Gasteiger partial charge in [-0.05, 0) is 5.92 Å².